The second-order valence-corrected chi connectivity index (χ2v) is 6.03. The fourth-order valence-corrected chi connectivity index (χ4v) is 4.00. The Morgan fingerprint density at radius 2 is 2.06 bits per heavy atom. The van der Waals surface area contributed by atoms with Crippen LogP contribution in [0, 0.1) is 5.92 Å². The summed E-state index contributed by atoms with van der Waals surface area (Å²) in [6.07, 6.45) is 2.46. The highest BCUT2D eigenvalue weighted by atomic mass is 32.2. The van der Waals surface area contributed by atoms with Gasteiger partial charge < -0.3 is 15.3 Å². The lowest BCUT2D eigenvalue weighted by molar-refractivity contribution is -0.151. The molecule has 2 atom stereocenters. The van der Waals surface area contributed by atoms with Gasteiger partial charge in [-0.3, -0.25) is 4.79 Å². The molecule has 102 valence electrons. The molecular weight excluding hydrogens is 252 g/mol. The molecule has 2 heterocycles. The summed E-state index contributed by atoms with van der Waals surface area (Å²) in [5.74, 6) is -0.313. The minimum atomic E-state index is -0.874. The number of piperidine rings is 1. The first-order valence-electron chi connectivity index (χ1n) is 6.52. The highest BCUT2D eigenvalue weighted by molar-refractivity contribution is 8.00. The molecule has 1 amide bonds. The molecule has 0 aromatic heterocycles. The molecule has 0 saturated carbocycles. The first kappa shape index (κ1) is 13.7. The number of carbonyl (C=O) groups is 2. The van der Waals surface area contributed by atoms with Crippen LogP contribution in [0.3, 0.4) is 0 Å². The van der Waals surface area contributed by atoms with Crippen molar-refractivity contribution < 1.29 is 14.7 Å². The normalized spacial score (nSPS) is 29.5. The number of thioether (sulfide) groups is 1. The number of hydrogen-bond donors (Lipinski definition) is 2. The Morgan fingerprint density at radius 3 is 2.61 bits per heavy atom. The van der Waals surface area contributed by atoms with Gasteiger partial charge in [0.2, 0.25) is 5.91 Å². The predicted octanol–water partition coefficient (Wildman–Crippen LogP) is 0.751. The van der Waals surface area contributed by atoms with Gasteiger partial charge in [0.1, 0.15) is 6.04 Å². The lowest BCUT2D eigenvalue weighted by Crippen LogP contribution is -2.49. The van der Waals surface area contributed by atoms with E-state index in [2.05, 4.69) is 5.32 Å². The van der Waals surface area contributed by atoms with Crippen LogP contribution in [0.25, 0.3) is 0 Å². The van der Waals surface area contributed by atoms with Crippen molar-refractivity contribution in [2.75, 3.05) is 18.8 Å². The largest absolute Gasteiger partial charge is 0.480 e. The Kier molecular flexibility index (Phi) is 4.50. The molecule has 2 aliphatic heterocycles. The van der Waals surface area contributed by atoms with Gasteiger partial charge in [-0.25, -0.2) is 4.79 Å². The van der Waals surface area contributed by atoms with Gasteiger partial charge in [-0.05, 0) is 32.4 Å². The summed E-state index contributed by atoms with van der Waals surface area (Å²) >= 11 is 1.59. The number of carboxylic acids is 1. The zero-order valence-corrected chi connectivity index (χ0v) is 11.4. The summed E-state index contributed by atoms with van der Waals surface area (Å²) in [5, 5.41) is 12.5. The predicted molar refractivity (Wildman–Crippen MR) is 70.4 cm³/mol. The van der Waals surface area contributed by atoms with E-state index in [0.717, 1.165) is 32.4 Å². The van der Waals surface area contributed by atoms with Crippen molar-refractivity contribution in [3.8, 4) is 0 Å². The van der Waals surface area contributed by atoms with Crippen LogP contribution in [0.4, 0.5) is 0 Å². The van der Waals surface area contributed by atoms with Crippen LogP contribution in [-0.4, -0.2) is 52.1 Å². The van der Waals surface area contributed by atoms with Crippen LogP contribution in [0.5, 0.6) is 0 Å². The minimum absolute atomic E-state index is 0.000787. The van der Waals surface area contributed by atoms with Crippen molar-refractivity contribution in [1.29, 1.82) is 0 Å². The molecule has 0 aromatic carbocycles. The molecule has 0 spiro atoms. The van der Waals surface area contributed by atoms with Gasteiger partial charge >= 0.3 is 5.97 Å². The van der Waals surface area contributed by atoms with Crippen molar-refractivity contribution in [2.24, 2.45) is 5.92 Å². The van der Waals surface area contributed by atoms with Crippen LogP contribution in [0.15, 0.2) is 0 Å². The van der Waals surface area contributed by atoms with E-state index in [4.69, 9.17) is 0 Å². The van der Waals surface area contributed by atoms with Gasteiger partial charge in [0.25, 0.3) is 0 Å². The summed E-state index contributed by atoms with van der Waals surface area (Å²) in [7, 11) is 0. The molecule has 18 heavy (non-hydrogen) atoms. The number of hydrogen-bond acceptors (Lipinski definition) is 4. The molecule has 0 radical (unpaired) electrons. The lowest BCUT2D eigenvalue weighted by atomic mass is 9.96. The molecule has 2 aliphatic rings. The van der Waals surface area contributed by atoms with E-state index >= 15 is 0 Å². The van der Waals surface area contributed by atoms with Crippen LogP contribution in [0.2, 0.25) is 0 Å². The monoisotopic (exact) mass is 272 g/mol. The van der Waals surface area contributed by atoms with Gasteiger partial charge in [0.05, 0.1) is 5.37 Å². The van der Waals surface area contributed by atoms with Crippen LogP contribution < -0.4 is 5.32 Å². The topological polar surface area (TPSA) is 69.6 Å². The third kappa shape index (κ3) is 2.64. The highest BCUT2D eigenvalue weighted by Crippen LogP contribution is 2.33. The summed E-state index contributed by atoms with van der Waals surface area (Å²) in [5.41, 5.74) is 0. The fraction of sp³-hybridized carbons (Fsp3) is 0.833. The van der Waals surface area contributed by atoms with Crippen LogP contribution in [0.1, 0.15) is 26.2 Å². The number of nitrogens with one attached hydrogen (secondary N) is 1. The maximum atomic E-state index is 12.5. The van der Waals surface area contributed by atoms with E-state index in [9.17, 15) is 14.7 Å². The van der Waals surface area contributed by atoms with Crippen molar-refractivity contribution in [2.45, 2.75) is 37.6 Å². The van der Waals surface area contributed by atoms with Gasteiger partial charge in [-0.2, -0.15) is 0 Å². The number of amides is 1. The molecule has 0 aromatic rings. The molecule has 2 unspecified atom stereocenters. The zero-order chi connectivity index (χ0) is 13.1. The number of nitrogens with zero attached hydrogens (tertiary/aromatic N) is 1. The van der Waals surface area contributed by atoms with Gasteiger partial charge in [-0.15, -0.1) is 11.8 Å². The first-order chi connectivity index (χ1) is 8.65. The zero-order valence-electron chi connectivity index (χ0n) is 10.6. The molecule has 0 bridgehead atoms. The van der Waals surface area contributed by atoms with Crippen molar-refractivity contribution in [3.63, 3.8) is 0 Å². The maximum Gasteiger partial charge on any atom is 0.327 e. The molecule has 5 nitrogen and oxygen atoms in total. The smallest absolute Gasteiger partial charge is 0.327 e. The average Bonchev–Trinajstić information content (AvgIpc) is 2.82. The highest BCUT2D eigenvalue weighted by Gasteiger charge is 2.42. The van der Waals surface area contributed by atoms with Crippen LogP contribution in [-0.2, 0) is 9.59 Å². The van der Waals surface area contributed by atoms with E-state index in [1.165, 1.54) is 0 Å². The Bertz CT molecular complexity index is 331. The third-order valence-electron chi connectivity index (χ3n) is 3.67. The summed E-state index contributed by atoms with van der Waals surface area (Å²) in [4.78, 5) is 25.4. The van der Waals surface area contributed by atoms with Gasteiger partial charge in [-0.1, -0.05) is 6.92 Å². The number of aliphatic carboxylic acids is 1. The van der Waals surface area contributed by atoms with E-state index in [1.807, 2.05) is 6.92 Å². The van der Waals surface area contributed by atoms with E-state index < -0.39 is 12.0 Å². The van der Waals surface area contributed by atoms with Crippen molar-refractivity contribution in [3.05, 3.63) is 0 Å². The SMILES string of the molecule is CCC1SCC(C(=O)O)N1C(=O)C1CCNCC1. The Morgan fingerprint density at radius 1 is 1.39 bits per heavy atom. The Hall–Kier alpha value is -0.750. The van der Waals surface area contributed by atoms with E-state index in [0.29, 0.717) is 5.75 Å². The lowest BCUT2D eigenvalue weighted by Gasteiger charge is -2.32. The summed E-state index contributed by atoms with van der Waals surface area (Å²) in [6.45, 7) is 3.71. The van der Waals surface area contributed by atoms with Crippen molar-refractivity contribution >= 4 is 23.6 Å². The molecule has 2 N–H and O–H groups in total. The molecule has 2 rings (SSSR count). The maximum absolute atomic E-state index is 12.5. The minimum Gasteiger partial charge on any atom is -0.480 e. The van der Waals surface area contributed by atoms with Crippen molar-refractivity contribution in [1.82, 2.24) is 10.2 Å². The second kappa shape index (κ2) is 5.93. The third-order valence-corrected chi connectivity index (χ3v) is 5.12. The number of carbonyl (C=O) groups excluding carboxylic acids is 1. The van der Waals surface area contributed by atoms with Gasteiger partial charge in [0, 0.05) is 11.7 Å². The number of rotatable bonds is 3. The first-order valence-corrected chi connectivity index (χ1v) is 7.57. The van der Waals surface area contributed by atoms with E-state index in [1.54, 1.807) is 16.7 Å². The van der Waals surface area contributed by atoms with E-state index in [-0.39, 0.29) is 17.2 Å². The quantitative estimate of drug-likeness (QED) is 0.793. The standard InChI is InChI=1S/C12H20N2O3S/c1-2-10-14(9(7-18-10)12(16)17)11(15)8-3-5-13-6-4-8/h8-10,13H,2-7H2,1H3,(H,16,17). The summed E-state index contributed by atoms with van der Waals surface area (Å²) in [6, 6.07) is -0.637. The molecule has 6 heteroatoms. The number of carboxylic acid groups (broad SMARTS) is 1. The average molecular weight is 272 g/mol. The molecule has 0 aliphatic carbocycles. The summed E-state index contributed by atoms with van der Waals surface area (Å²) < 4.78 is 0. The fourth-order valence-electron chi connectivity index (χ4n) is 2.64. The molecule has 2 saturated heterocycles. The second-order valence-electron chi connectivity index (χ2n) is 4.82. The Balaban J connectivity index is 2.10. The molecule has 2 fully saturated rings. The molecular formula is C12H20N2O3S. The van der Waals surface area contributed by atoms with Crippen LogP contribution >= 0.6 is 11.8 Å². The Labute approximate surface area is 111 Å². The van der Waals surface area contributed by atoms with Gasteiger partial charge in [0.15, 0.2) is 0 Å².